The molecule has 0 aromatic heterocycles. The molecule has 1 heterocycles. The highest BCUT2D eigenvalue weighted by Gasteiger charge is 2.37. The average molecular weight is 313 g/mol. The molecule has 1 atom stereocenters. The fourth-order valence-electron chi connectivity index (χ4n) is 3.02. The molecule has 1 N–H and O–H groups in total. The molecule has 0 bridgehead atoms. The summed E-state index contributed by atoms with van der Waals surface area (Å²) in [5, 5.41) is 1.41. The second kappa shape index (κ2) is 6.28. The third-order valence-corrected chi connectivity index (χ3v) is 6.70. The van der Waals surface area contributed by atoms with Crippen LogP contribution in [0.25, 0.3) is 0 Å². The zero-order valence-corrected chi connectivity index (χ0v) is 14.6. The Morgan fingerprint density at radius 2 is 1.45 bits per heavy atom. The lowest BCUT2D eigenvalue weighted by Gasteiger charge is -2.40. The Balaban J connectivity index is 2.07. The van der Waals surface area contributed by atoms with Gasteiger partial charge in [0.25, 0.3) is 0 Å². The largest absolute Gasteiger partial charge is 0.293 e. The molecule has 1 aliphatic heterocycles. The van der Waals surface area contributed by atoms with Crippen LogP contribution in [0, 0.1) is 0 Å². The van der Waals surface area contributed by atoms with Gasteiger partial charge in [-0.2, -0.15) is 0 Å². The van der Waals surface area contributed by atoms with Crippen molar-refractivity contribution in [3.05, 3.63) is 54.6 Å². The molecular formula is C18H24N3P. The van der Waals surface area contributed by atoms with Crippen LogP contribution in [0.4, 0.5) is 11.4 Å². The maximum Gasteiger partial charge on any atom is 0.124 e. The SMILES string of the molecule is CC(C)N(C(C)C)P1c2ccccc2NN1c1ccccc1. The van der Waals surface area contributed by atoms with Crippen LogP contribution in [-0.4, -0.2) is 16.8 Å². The Kier molecular flexibility index (Phi) is 4.37. The predicted octanol–water partition coefficient (Wildman–Crippen LogP) is 4.59. The van der Waals surface area contributed by atoms with E-state index in [4.69, 9.17) is 0 Å². The second-order valence-corrected chi connectivity index (χ2v) is 8.06. The molecule has 2 aromatic rings. The average Bonchev–Trinajstić information content (AvgIpc) is 2.87. The summed E-state index contributed by atoms with van der Waals surface area (Å²) < 4.78 is 4.96. The lowest BCUT2D eigenvalue weighted by molar-refractivity contribution is 0.325. The number of hydrazine groups is 1. The van der Waals surface area contributed by atoms with E-state index in [0.717, 1.165) is 0 Å². The number of hydrogen-bond acceptors (Lipinski definition) is 3. The molecule has 0 radical (unpaired) electrons. The van der Waals surface area contributed by atoms with Crippen LogP contribution >= 0.6 is 8.22 Å². The topological polar surface area (TPSA) is 18.5 Å². The van der Waals surface area contributed by atoms with Gasteiger partial charge in [0.1, 0.15) is 8.22 Å². The zero-order chi connectivity index (χ0) is 15.7. The normalized spacial score (nSPS) is 17.2. The Morgan fingerprint density at radius 1 is 0.864 bits per heavy atom. The van der Waals surface area contributed by atoms with E-state index in [0.29, 0.717) is 12.1 Å². The molecule has 0 amide bonds. The van der Waals surface area contributed by atoms with Crippen LogP contribution in [0.3, 0.4) is 0 Å². The van der Waals surface area contributed by atoms with Crippen molar-refractivity contribution in [2.45, 2.75) is 39.8 Å². The van der Waals surface area contributed by atoms with Gasteiger partial charge in [0.15, 0.2) is 0 Å². The van der Waals surface area contributed by atoms with Crippen LogP contribution in [0.2, 0.25) is 0 Å². The first-order valence-corrected chi connectivity index (χ1v) is 9.13. The molecule has 3 rings (SSSR count). The second-order valence-electron chi connectivity index (χ2n) is 6.13. The number of benzene rings is 2. The van der Waals surface area contributed by atoms with Gasteiger partial charge in [-0.05, 0) is 52.0 Å². The third kappa shape index (κ3) is 2.71. The minimum atomic E-state index is -0.587. The molecule has 1 aliphatic rings. The minimum Gasteiger partial charge on any atom is -0.293 e. The summed E-state index contributed by atoms with van der Waals surface area (Å²) in [7, 11) is -0.587. The summed E-state index contributed by atoms with van der Waals surface area (Å²) in [5.74, 6) is 0. The highest BCUT2D eigenvalue weighted by molar-refractivity contribution is 7.66. The Labute approximate surface area is 134 Å². The summed E-state index contributed by atoms with van der Waals surface area (Å²) in [4.78, 5) is 0. The van der Waals surface area contributed by atoms with Gasteiger partial charge in [-0.1, -0.05) is 30.3 Å². The highest BCUT2D eigenvalue weighted by Crippen LogP contribution is 2.53. The molecule has 0 saturated carbocycles. The van der Waals surface area contributed by atoms with Crippen molar-refractivity contribution >= 4 is 24.9 Å². The van der Waals surface area contributed by atoms with Crippen molar-refractivity contribution in [3.8, 4) is 0 Å². The van der Waals surface area contributed by atoms with Crippen molar-refractivity contribution in [1.29, 1.82) is 0 Å². The maximum atomic E-state index is 3.61. The number of hydrogen-bond donors (Lipinski definition) is 1. The molecule has 2 aromatic carbocycles. The van der Waals surface area contributed by atoms with E-state index < -0.39 is 8.22 Å². The standard InChI is InChI=1S/C18H24N3P/c1-14(2)20(15(3)4)22-18-13-9-8-12-17(18)19-21(22)16-10-6-5-7-11-16/h5-15,19H,1-4H3. The lowest BCUT2D eigenvalue weighted by Crippen LogP contribution is -2.39. The van der Waals surface area contributed by atoms with E-state index in [1.807, 2.05) is 0 Å². The molecule has 0 spiro atoms. The maximum absolute atomic E-state index is 3.61. The van der Waals surface area contributed by atoms with E-state index >= 15 is 0 Å². The number of rotatable bonds is 4. The molecule has 0 saturated heterocycles. The number of nitrogens with one attached hydrogen (secondary N) is 1. The van der Waals surface area contributed by atoms with Crippen LogP contribution in [0.1, 0.15) is 27.7 Å². The van der Waals surface area contributed by atoms with Gasteiger partial charge in [-0.3, -0.25) is 10.1 Å². The Hall–Kier alpha value is -1.57. The molecule has 0 aliphatic carbocycles. The molecular weight excluding hydrogens is 289 g/mol. The monoisotopic (exact) mass is 313 g/mol. The Morgan fingerprint density at radius 3 is 2.09 bits per heavy atom. The van der Waals surface area contributed by atoms with E-state index in [9.17, 15) is 0 Å². The molecule has 116 valence electrons. The van der Waals surface area contributed by atoms with Crippen molar-refractivity contribution in [2.75, 3.05) is 10.2 Å². The van der Waals surface area contributed by atoms with E-state index in [1.54, 1.807) is 0 Å². The van der Waals surface area contributed by atoms with E-state index in [1.165, 1.54) is 16.7 Å². The molecule has 3 nitrogen and oxygen atoms in total. The molecule has 0 fully saturated rings. The Bertz CT molecular complexity index is 619. The van der Waals surface area contributed by atoms with Crippen molar-refractivity contribution in [2.24, 2.45) is 0 Å². The van der Waals surface area contributed by atoms with Crippen LogP contribution in [0.15, 0.2) is 54.6 Å². The first kappa shape index (κ1) is 15.3. The number of para-hydroxylation sites is 2. The predicted molar refractivity (Wildman–Crippen MR) is 97.7 cm³/mol. The first-order valence-electron chi connectivity index (χ1n) is 7.88. The van der Waals surface area contributed by atoms with Gasteiger partial charge in [-0.15, -0.1) is 0 Å². The fraction of sp³-hybridized carbons (Fsp3) is 0.333. The van der Waals surface area contributed by atoms with Gasteiger partial charge < -0.3 is 0 Å². The zero-order valence-electron chi connectivity index (χ0n) is 13.7. The highest BCUT2D eigenvalue weighted by atomic mass is 31.1. The molecule has 1 unspecified atom stereocenters. The minimum absolute atomic E-state index is 0.491. The van der Waals surface area contributed by atoms with Crippen molar-refractivity contribution in [1.82, 2.24) is 4.67 Å². The van der Waals surface area contributed by atoms with Gasteiger partial charge in [0, 0.05) is 17.4 Å². The molecule has 22 heavy (non-hydrogen) atoms. The number of anilines is 2. The van der Waals surface area contributed by atoms with Crippen molar-refractivity contribution in [3.63, 3.8) is 0 Å². The number of nitrogens with zero attached hydrogens (tertiary/aromatic N) is 2. The molecule has 4 heteroatoms. The third-order valence-electron chi connectivity index (χ3n) is 3.81. The number of fused-ring (bicyclic) bond motifs is 1. The van der Waals surface area contributed by atoms with Gasteiger partial charge in [0.05, 0.1) is 11.4 Å². The van der Waals surface area contributed by atoms with Gasteiger partial charge in [-0.25, -0.2) is 4.78 Å². The first-order chi connectivity index (χ1) is 10.6. The van der Waals surface area contributed by atoms with Gasteiger partial charge in [0.2, 0.25) is 0 Å². The quantitative estimate of drug-likeness (QED) is 0.833. The lowest BCUT2D eigenvalue weighted by atomic mass is 10.3. The summed E-state index contributed by atoms with van der Waals surface area (Å²) in [5.41, 5.74) is 6.06. The van der Waals surface area contributed by atoms with E-state index in [2.05, 4.69) is 97.2 Å². The van der Waals surface area contributed by atoms with Crippen LogP contribution in [-0.2, 0) is 0 Å². The van der Waals surface area contributed by atoms with Crippen molar-refractivity contribution < 1.29 is 0 Å². The van der Waals surface area contributed by atoms with E-state index in [-0.39, 0.29) is 0 Å². The summed E-state index contributed by atoms with van der Waals surface area (Å²) >= 11 is 0. The summed E-state index contributed by atoms with van der Waals surface area (Å²) in [6.45, 7) is 9.14. The van der Waals surface area contributed by atoms with Crippen LogP contribution < -0.4 is 15.5 Å². The fourth-order valence-corrected chi connectivity index (χ4v) is 5.68. The summed E-state index contributed by atoms with van der Waals surface area (Å²) in [6, 6.07) is 20.3. The van der Waals surface area contributed by atoms with Gasteiger partial charge >= 0.3 is 0 Å². The van der Waals surface area contributed by atoms with Crippen LogP contribution in [0.5, 0.6) is 0 Å². The smallest absolute Gasteiger partial charge is 0.124 e. The summed E-state index contributed by atoms with van der Waals surface area (Å²) in [6.07, 6.45) is 0.